The molecule has 6 heteroatoms. The zero-order valence-electron chi connectivity index (χ0n) is 13.2. The van der Waals surface area contributed by atoms with Crippen LogP contribution in [0.25, 0.3) is 0 Å². The molecule has 0 radical (unpaired) electrons. The van der Waals surface area contributed by atoms with Gasteiger partial charge in [0.05, 0.1) is 0 Å². The van der Waals surface area contributed by atoms with E-state index in [2.05, 4.69) is 5.32 Å². The number of nitrogens with one attached hydrogen (secondary N) is 1. The molecule has 22 heavy (non-hydrogen) atoms. The van der Waals surface area contributed by atoms with Gasteiger partial charge in [0.25, 0.3) is 0 Å². The van der Waals surface area contributed by atoms with Crippen molar-refractivity contribution in [3.05, 3.63) is 30.3 Å². The Morgan fingerprint density at radius 2 is 1.91 bits per heavy atom. The van der Waals surface area contributed by atoms with Gasteiger partial charge in [0.1, 0.15) is 5.60 Å². The average Bonchev–Trinajstić information content (AvgIpc) is 2.41. The third-order valence-electron chi connectivity index (χ3n) is 2.62. The Morgan fingerprint density at radius 1 is 1.27 bits per heavy atom. The molecule has 1 rings (SSSR count). The second-order valence-corrected chi connectivity index (χ2v) is 6.99. The molecule has 0 bridgehead atoms. The van der Waals surface area contributed by atoms with Gasteiger partial charge >= 0.3 is 12.1 Å². The number of hydrogen-bond acceptors (Lipinski definition) is 4. The summed E-state index contributed by atoms with van der Waals surface area (Å²) in [5.41, 5.74) is -0.575. The molecule has 0 aromatic heterocycles. The molecule has 1 amide bonds. The Bertz CT molecular complexity index is 485. The smallest absolute Gasteiger partial charge is 0.407 e. The minimum Gasteiger partial charge on any atom is -0.481 e. The lowest BCUT2D eigenvalue weighted by atomic mass is 10.2. The normalized spacial score (nSPS) is 12.5. The van der Waals surface area contributed by atoms with E-state index in [0.717, 1.165) is 4.90 Å². The lowest BCUT2D eigenvalue weighted by Gasteiger charge is -2.23. The quantitative estimate of drug-likeness (QED) is 0.750. The van der Waals surface area contributed by atoms with Crippen LogP contribution in [-0.2, 0) is 9.53 Å². The lowest BCUT2D eigenvalue weighted by Crippen LogP contribution is -2.40. The van der Waals surface area contributed by atoms with Gasteiger partial charge in [-0.25, -0.2) is 4.79 Å². The van der Waals surface area contributed by atoms with Gasteiger partial charge in [0.15, 0.2) is 0 Å². The second-order valence-electron chi connectivity index (χ2n) is 5.90. The fourth-order valence-electron chi connectivity index (χ4n) is 1.68. The Kier molecular flexibility index (Phi) is 7.24. The third kappa shape index (κ3) is 8.56. The summed E-state index contributed by atoms with van der Waals surface area (Å²) in [6.07, 6.45) is -0.138. The summed E-state index contributed by atoms with van der Waals surface area (Å²) in [6, 6.07) is 9.52. The molecule has 0 aliphatic heterocycles. The zero-order chi connectivity index (χ0) is 16.6. The monoisotopic (exact) mass is 325 g/mol. The van der Waals surface area contributed by atoms with Gasteiger partial charge in [-0.1, -0.05) is 18.2 Å². The van der Waals surface area contributed by atoms with Crippen molar-refractivity contribution in [3.8, 4) is 0 Å². The van der Waals surface area contributed by atoms with Crippen LogP contribution in [-0.4, -0.2) is 34.6 Å². The standard InChI is InChI=1S/C16H23NO4S/c1-16(2,3)21-15(20)17-12(9-10-14(18)19)11-22-13-7-5-4-6-8-13/h4-8,12H,9-11H2,1-3H3,(H,17,20)(H,18,19)/t12-/m1/s1. The third-order valence-corrected chi connectivity index (χ3v) is 3.80. The number of benzene rings is 1. The number of amides is 1. The number of carbonyl (C=O) groups is 2. The van der Waals surface area contributed by atoms with E-state index < -0.39 is 17.7 Å². The zero-order valence-corrected chi connectivity index (χ0v) is 14.0. The number of carboxylic acid groups (broad SMARTS) is 1. The van der Waals surface area contributed by atoms with Crippen LogP contribution in [0.15, 0.2) is 35.2 Å². The lowest BCUT2D eigenvalue weighted by molar-refractivity contribution is -0.137. The molecule has 122 valence electrons. The van der Waals surface area contributed by atoms with Crippen molar-refractivity contribution < 1.29 is 19.4 Å². The van der Waals surface area contributed by atoms with Gasteiger partial charge in [-0.3, -0.25) is 4.79 Å². The Balaban J connectivity index is 2.55. The molecule has 0 unspecified atom stereocenters. The van der Waals surface area contributed by atoms with Crippen LogP contribution < -0.4 is 5.32 Å². The van der Waals surface area contributed by atoms with Crippen molar-refractivity contribution in [2.24, 2.45) is 0 Å². The average molecular weight is 325 g/mol. The van der Waals surface area contributed by atoms with Crippen molar-refractivity contribution in [3.63, 3.8) is 0 Å². The molecule has 2 N–H and O–H groups in total. The maximum absolute atomic E-state index is 11.8. The second kappa shape index (κ2) is 8.68. The van der Waals surface area contributed by atoms with Crippen LogP contribution in [0, 0.1) is 0 Å². The minimum atomic E-state index is -0.874. The van der Waals surface area contributed by atoms with Gasteiger partial charge in [-0.2, -0.15) is 0 Å². The van der Waals surface area contributed by atoms with Crippen molar-refractivity contribution >= 4 is 23.8 Å². The van der Waals surface area contributed by atoms with Crippen LogP contribution in [0.4, 0.5) is 4.79 Å². The van der Waals surface area contributed by atoms with Crippen LogP contribution in [0.1, 0.15) is 33.6 Å². The summed E-state index contributed by atoms with van der Waals surface area (Å²) in [6.45, 7) is 5.37. The number of alkyl carbamates (subject to hydrolysis) is 1. The molecule has 0 spiro atoms. The number of hydrogen-bond donors (Lipinski definition) is 2. The van der Waals surface area contributed by atoms with Crippen molar-refractivity contribution in [2.75, 3.05) is 5.75 Å². The predicted molar refractivity (Wildman–Crippen MR) is 87.2 cm³/mol. The van der Waals surface area contributed by atoms with Gasteiger partial charge in [0, 0.05) is 23.1 Å². The molecule has 5 nitrogen and oxygen atoms in total. The van der Waals surface area contributed by atoms with E-state index in [4.69, 9.17) is 9.84 Å². The number of thioether (sulfide) groups is 1. The van der Waals surface area contributed by atoms with E-state index in [1.165, 1.54) is 0 Å². The first-order chi connectivity index (χ1) is 10.3. The highest BCUT2D eigenvalue weighted by Gasteiger charge is 2.20. The molecule has 0 fully saturated rings. The molecule has 1 aromatic rings. The fourth-order valence-corrected chi connectivity index (χ4v) is 2.68. The van der Waals surface area contributed by atoms with Gasteiger partial charge in [0.2, 0.25) is 0 Å². The minimum absolute atomic E-state index is 0.00974. The Morgan fingerprint density at radius 3 is 2.45 bits per heavy atom. The van der Waals surface area contributed by atoms with Crippen molar-refractivity contribution in [1.29, 1.82) is 0 Å². The molecule has 0 saturated carbocycles. The van der Waals surface area contributed by atoms with Gasteiger partial charge < -0.3 is 15.2 Å². The van der Waals surface area contributed by atoms with Crippen LogP contribution in [0.5, 0.6) is 0 Å². The number of rotatable bonds is 7. The maximum atomic E-state index is 11.8. The first-order valence-corrected chi connectivity index (χ1v) is 8.14. The van der Waals surface area contributed by atoms with E-state index in [9.17, 15) is 9.59 Å². The number of aliphatic carboxylic acids is 1. The molecular weight excluding hydrogens is 302 g/mol. The molecule has 1 atom stereocenters. The van der Waals surface area contributed by atoms with E-state index >= 15 is 0 Å². The van der Waals surface area contributed by atoms with E-state index in [1.807, 2.05) is 30.3 Å². The Hall–Kier alpha value is -1.69. The molecule has 0 heterocycles. The first kappa shape index (κ1) is 18.4. The molecule has 0 aliphatic rings. The predicted octanol–water partition coefficient (Wildman–Crippen LogP) is 3.54. The molecule has 0 saturated heterocycles. The summed E-state index contributed by atoms with van der Waals surface area (Å²) in [4.78, 5) is 23.7. The van der Waals surface area contributed by atoms with E-state index in [-0.39, 0.29) is 12.5 Å². The highest BCUT2D eigenvalue weighted by atomic mass is 32.2. The van der Waals surface area contributed by atoms with Crippen molar-refractivity contribution in [1.82, 2.24) is 5.32 Å². The highest BCUT2D eigenvalue weighted by molar-refractivity contribution is 7.99. The number of carbonyl (C=O) groups excluding carboxylic acids is 1. The van der Waals surface area contributed by atoms with Crippen molar-refractivity contribution in [2.45, 2.75) is 50.2 Å². The van der Waals surface area contributed by atoms with Crippen LogP contribution in [0.2, 0.25) is 0 Å². The first-order valence-electron chi connectivity index (χ1n) is 7.15. The summed E-state index contributed by atoms with van der Waals surface area (Å²) >= 11 is 1.58. The number of carboxylic acids is 1. The highest BCUT2D eigenvalue weighted by Crippen LogP contribution is 2.19. The summed E-state index contributed by atoms with van der Waals surface area (Å²) < 4.78 is 5.22. The van der Waals surface area contributed by atoms with E-state index in [1.54, 1.807) is 32.5 Å². The van der Waals surface area contributed by atoms with Gasteiger partial charge in [-0.05, 0) is 39.3 Å². The molecule has 1 aromatic carbocycles. The SMILES string of the molecule is CC(C)(C)OC(=O)N[C@H](CCC(=O)O)CSc1ccccc1. The summed E-state index contributed by atoms with van der Waals surface area (Å²) in [7, 11) is 0. The molecule has 0 aliphatic carbocycles. The van der Waals surface area contributed by atoms with Crippen LogP contribution >= 0.6 is 11.8 Å². The summed E-state index contributed by atoms with van der Waals surface area (Å²) in [5, 5.41) is 11.6. The largest absolute Gasteiger partial charge is 0.481 e. The number of ether oxygens (including phenoxy) is 1. The summed E-state index contributed by atoms with van der Waals surface area (Å²) in [5.74, 6) is -0.281. The maximum Gasteiger partial charge on any atom is 0.407 e. The Labute approximate surface area is 135 Å². The van der Waals surface area contributed by atoms with Gasteiger partial charge in [-0.15, -0.1) is 11.8 Å². The van der Waals surface area contributed by atoms with Crippen LogP contribution in [0.3, 0.4) is 0 Å². The molecular formula is C16H23NO4S. The topological polar surface area (TPSA) is 75.6 Å². The van der Waals surface area contributed by atoms with E-state index in [0.29, 0.717) is 12.2 Å². The fraction of sp³-hybridized carbons (Fsp3) is 0.500.